The predicted molar refractivity (Wildman–Crippen MR) is 58.7 cm³/mol. The van der Waals surface area contributed by atoms with Gasteiger partial charge in [-0.25, -0.2) is 0 Å². The van der Waals surface area contributed by atoms with Crippen LogP contribution in [0.4, 0.5) is 0 Å². The van der Waals surface area contributed by atoms with E-state index < -0.39 is 0 Å². The lowest BCUT2D eigenvalue weighted by Crippen LogP contribution is -2.30. The zero-order valence-corrected chi connectivity index (χ0v) is 9.05. The van der Waals surface area contributed by atoms with Crippen molar-refractivity contribution in [2.75, 3.05) is 13.6 Å². The van der Waals surface area contributed by atoms with Gasteiger partial charge in [0, 0.05) is 0 Å². The van der Waals surface area contributed by atoms with Crippen molar-refractivity contribution in [1.29, 1.82) is 0 Å². The van der Waals surface area contributed by atoms with E-state index in [9.17, 15) is 0 Å². The minimum Gasteiger partial charge on any atom is -0.319 e. The summed E-state index contributed by atoms with van der Waals surface area (Å²) >= 11 is 0. The highest BCUT2D eigenvalue weighted by atomic mass is 14.8. The fraction of sp³-hybridized carbons (Fsp3) is 0.833. The third-order valence-electron chi connectivity index (χ3n) is 3.34. The Morgan fingerprint density at radius 3 is 2.77 bits per heavy atom. The van der Waals surface area contributed by atoms with Crippen molar-refractivity contribution in [3.63, 3.8) is 0 Å². The number of rotatable bonds is 4. The first kappa shape index (κ1) is 10.8. The van der Waals surface area contributed by atoms with Crippen molar-refractivity contribution >= 4 is 0 Å². The summed E-state index contributed by atoms with van der Waals surface area (Å²) in [7, 11) is 2.06. The van der Waals surface area contributed by atoms with Gasteiger partial charge in [0.2, 0.25) is 0 Å². The summed E-state index contributed by atoms with van der Waals surface area (Å²) in [6.07, 6.45) is 7.51. The maximum atomic E-state index is 3.85. The summed E-state index contributed by atoms with van der Waals surface area (Å²) in [5.74, 6) is 2.70. The Balaban J connectivity index is 2.44. The fourth-order valence-corrected chi connectivity index (χ4v) is 2.60. The van der Waals surface area contributed by atoms with Crippen LogP contribution in [-0.2, 0) is 0 Å². The molecular weight excluding hydrogens is 158 g/mol. The van der Waals surface area contributed by atoms with E-state index in [1.807, 2.05) is 0 Å². The van der Waals surface area contributed by atoms with Gasteiger partial charge in [-0.2, -0.15) is 0 Å². The van der Waals surface area contributed by atoms with Crippen LogP contribution in [0.3, 0.4) is 0 Å². The fourth-order valence-electron chi connectivity index (χ4n) is 2.60. The van der Waals surface area contributed by atoms with Crippen molar-refractivity contribution in [3.05, 3.63) is 12.7 Å². The van der Waals surface area contributed by atoms with Crippen molar-refractivity contribution < 1.29 is 0 Å². The predicted octanol–water partition coefficient (Wildman–Crippen LogP) is 2.83. The van der Waals surface area contributed by atoms with Gasteiger partial charge in [0.1, 0.15) is 0 Å². The van der Waals surface area contributed by atoms with Crippen LogP contribution in [0.5, 0.6) is 0 Å². The van der Waals surface area contributed by atoms with Crippen LogP contribution < -0.4 is 5.32 Å². The number of allylic oxidation sites excluding steroid dienone is 1. The van der Waals surface area contributed by atoms with Crippen LogP contribution in [-0.4, -0.2) is 13.6 Å². The van der Waals surface area contributed by atoms with E-state index in [4.69, 9.17) is 0 Å². The molecule has 1 aliphatic carbocycles. The first-order chi connectivity index (χ1) is 6.27. The van der Waals surface area contributed by atoms with Crippen molar-refractivity contribution in [3.8, 4) is 0 Å². The van der Waals surface area contributed by atoms with Gasteiger partial charge in [-0.3, -0.25) is 0 Å². The molecule has 0 aromatic carbocycles. The Hall–Kier alpha value is -0.300. The zero-order chi connectivity index (χ0) is 9.68. The molecule has 3 atom stereocenters. The molecule has 1 saturated carbocycles. The van der Waals surface area contributed by atoms with Gasteiger partial charge in [0.05, 0.1) is 0 Å². The molecule has 0 aromatic rings. The van der Waals surface area contributed by atoms with Gasteiger partial charge in [0.15, 0.2) is 0 Å². The quantitative estimate of drug-likeness (QED) is 0.658. The summed E-state index contributed by atoms with van der Waals surface area (Å²) in [6, 6.07) is 0. The second-order valence-electron chi connectivity index (χ2n) is 4.52. The lowest BCUT2D eigenvalue weighted by atomic mass is 9.73. The molecule has 0 aromatic heterocycles. The SMILES string of the molecule is C=CCC1CC(C)CCC1CNC. The summed E-state index contributed by atoms with van der Waals surface area (Å²) < 4.78 is 0. The molecule has 0 amide bonds. The van der Waals surface area contributed by atoms with Crippen LogP contribution in [0.25, 0.3) is 0 Å². The molecule has 76 valence electrons. The standard InChI is InChI=1S/C12H23N/c1-4-5-11-8-10(2)6-7-12(11)9-13-3/h4,10-13H,1,5-9H2,2-3H3. The van der Waals surface area contributed by atoms with E-state index in [1.165, 1.54) is 32.2 Å². The molecule has 1 N–H and O–H groups in total. The number of hydrogen-bond acceptors (Lipinski definition) is 1. The molecule has 1 nitrogen and oxygen atoms in total. The monoisotopic (exact) mass is 181 g/mol. The Labute approximate surface area is 82.6 Å². The molecule has 3 unspecified atom stereocenters. The third kappa shape index (κ3) is 3.15. The van der Waals surface area contributed by atoms with Crippen molar-refractivity contribution in [2.24, 2.45) is 17.8 Å². The zero-order valence-electron chi connectivity index (χ0n) is 9.05. The normalized spacial score (nSPS) is 34.5. The van der Waals surface area contributed by atoms with Crippen LogP contribution in [0, 0.1) is 17.8 Å². The molecular formula is C12H23N. The first-order valence-electron chi connectivity index (χ1n) is 5.53. The van der Waals surface area contributed by atoms with Gasteiger partial charge in [-0.05, 0) is 50.6 Å². The largest absolute Gasteiger partial charge is 0.319 e. The van der Waals surface area contributed by atoms with E-state index in [1.54, 1.807) is 0 Å². The Morgan fingerprint density at radius 2 is 2.15 bits per heavy atom. The van der Waals surface area contributed by atoms with E-state index >= 15 is 0 Å². The van der Waals surface area contributed by atoms with Crippen LogP contribution in [0.15, 0.2) is 12.7 Å². The van der Waals surface area contributed by atoms with Crippen LogP contribution in [0.1, 0.15) is 32.6 Å². The second kappa shape index (κ2) is 5.43. The minimum atomic E-state index is 0.883. The maximum absolute atomic E-state index is 3.85. The Kier molecular flexibility index (Phi) is 4.51. The summed E-state index contributed by atoms with van der Waals surface area (Å²) in [5.41, 5.74) is 0. The summed E-state index contributed by atoms with van der Waals surface area (Å²) in [4.78, 5) is 0. The first-order valence-corrected chi connectivity index (χ1v) is 5.53. The highest BCUT2D eigenvalue weighted by Gasteiger charge is 2.26. The molecule has 0 bridgehead atoms. The molecule has 0 heterocycles. The van der Waals surface area contributed by atoms with E-state index in [0.717, 1.165) is 17.8 Å². The lowest BCUT2D eigenvalue weighted by molar-refractivity contribution is 0.188. The highest BCUT2D eigenvalue weighted by Crippen LogP contribution is 2.35. The van der Waals surface area contributed by atoms with Crippen LogP contribution in [0.2, 0.25) is 0 Å². The Morgan fingerprint density at radius 1 is 1.38 bits per heavy atom. The molecule has 0 saturated heterocycles. The highest BCUT2D eigenvalue weighted by molar-refractivity contribution is 4.84. The summed E-state index contributed by atoms with van der Waals surface area (Å²) in [6.45, 7) is 7.42. The van der Waals surface area contributed by atoms with Gasteiger partial charge in [0.25, 0.3) is 0 Å². The Bertz CT molecular complexity index is 153. The van der Waals surface area contributed by atoms with Gasteiger partial charge < -0.3 is 5.32 Å². The smallest absolute Gasteiger partial charge is 0.00208 e. The van der Waals surface area contributed by atoms with Crippen LogP contribution >= 0.6 is 0 Å². The molecule has 1 aliphatic rings. The van der Waals surface area contributed by atoms with E-state index in [2.05, 4.69) is 31.9 Å². The number of hydrogen-bond donors (Lipinski definition) is 1. The average Bonchev–Trinajstić information content (AvgIpc) is 2.10. The number of nitrogens with one attached hydrogen (secondary N) is 1. The third-order valence-corrected chi connectivity index (χ3v) is 3.34. The maximum Gasteiger partial charge on any atom is -0.00208 e. The molecule has 1 fully saturated rings. The second-order valence-corrected chi connectivity index (χ2v) is 4.52. The average molecular weight is 181 g/mol. The van der Waals surface area contributed by atoms with E-state index in [0.29, 0.717) is 0 Å². The van der Waals surface area contributed by atoms with Crippen molar-refractivity contribution in [1.82, 2.24) is 5.32 Å². The molecule has 0 radical (unpaired) electrons. The minimum absolute atomic E-state index is 0.883. The van der Waals surface area contributed by atoms with E-state index in [-0.39, 0.29) is 0 Å². The summed E-state index contributed by atoms with van der Waals surface area (Å²) in [5, 5.41) is 3.31. The molecule has 1 heteroatoms. The lowest BCUT2D eigenvalue weighted by Gasteiger charge is -2.34. The van der Waals surface area contributed by atoms with Gasteiger partial charge >= 0.3 is 0 Å². The van der Waals surface area contributed by atoms with Crippen molar-refractivity contribution in [2.45, 2.75) is 32.6 Å². The van der Waals surface area contributed by atoms with Gasteiger partial charge in [-0.15, -0.1) is 6.58 Å². The molecule has 0 aliphatic heterocycles. The van der Waals surface area contributed by atoms with Gasteiger partial charge in [-0.1, -0.05) is 19.4 Å². The molecule has 0 spiro atoms. The molecule has 13 heavy (non-hydrogen) atoms. The molecule has 1 rings (SSSR count). The topological polar surface area (TPSA) is 12.0 Å².